The highest BCUT2D eigenvalue weighted by Crippen LogP contribution is 2.47. The first-order valence-electron chi connectivity index (χ1n) is 10.6. The fourth-order valence-corrected chi connectivity index (χ4v) is 5.82. The number of nitrogens with two attached hydrogens (primary N) is 2. The van der Waals surface area contributed by atoms with E-state index in [1.54, 1.807) is 4.90 Å². The van der Waals surface area contributed by atoms with Crippen molar-refractivity contribution in [3.05, 3.63) is 58.1 Å². The van der Waals surface area contributed by atoms with E-state index >= 15 is 0 Å². The molecule has 0 spiro atoms. The van der Waals surface area contributed by atoms with E-state index in [0.717, 1.165) is 11.3 Å². The van der Waals surface area contributed by atoms with Gasteiger partial charge in [0.25, 0.3) is 0 Å². The Balaban J connectivity index is 1.81. The third-order valence-electron chi connectivity index (χ3n) is 5.77. The van der Waals surface area contributed by atoms with Crippen LogP contribution in [0.2, 0.25) is 0 Å². The lowest BCUT2D eigenvalue weighted by Gasteiger charge is -2.38. The molecule has 170 valence electrons. The highest BCUT2D eigenvalue weighted by molar-refractivity contribution is 8.01. The summed E-state index contributed by atoms with van der Waals surface area (Å²) in [5, 5.41) is 18.9. The zero-order chi connectivity index (χ0) is 23.7. The number of aromatic nitrogens is 2. The Hall–Kier alpha value is -3.16. The van der Waals surface area contributed by atoms with Crippen molar-refractivity contribution >= 4 is 39.9 Å². The molecule has 2 heterocycles. The summed E-state index contributed by atoms with van der Waals surface area (Å²) in [6.07, 6.45) is 1.77. The van der Waals surface area contributed by atoms with Crippen LogP contribution in [0, 0.1) is 11.3 Å². The molecule has 0 saturated carbocycles. The van der Waals surface area contributed by atoms with Gasteiger partial charge in [-0.05, 0) is 29.9 Å². The number of thioether (sulfide) groups is 1. The molecule has 2 aromatic rings. The lowest BCUT2D eigenvalue weighted by Crippen LogP contribution is -2.38. The number of carbonyl (C=O) groups is 2. The van der Waals surface area contributed by atoms with Gasteiger partial charge in [0.15, 0.2) is 10.1 Å². The van der Waals surface area contributed by atoms with Crippen LogP contribution in [0.15, 0.2) is 51.3 Å². The molecule has 1 unspecified atom stereocenters. The van der Waals surface area contributed by atoms with Crippen LogP contribution >= 0.6 is 23.1 Å². The van der Waals surface area contributed by atoms with Crippen LogP contribution < -0.4 is 16.4 Å². The molecule has 0 radical (unpaired) electrons. The summed E-state index contributed by atoms with van der Waals surface area (Å²) in [6, 6.07) is 10.3. The Morgan fingerprint density at radius 2 is 2.03 bits per heavy atom. The molecule has 0 bridgehead atoms. The Morgan fingerprint density at radius 1 is 1.30 bits per heavy atom. The summed E-state index contributed by atoms with van der Waals surface area (Å²) >= 11 is 2.44. The molecule has 2 aliphatic rings. The maximum Gasteiger partial charge on any atom is 0.227 e. The number of anilines is 1. The Labute approximate surface area is 200 Å². The quantitative estimate of drug-likeness (QED) is 0.599. The second-order valence-corrected chi connectivity index (χ2v) is 10.4. The number of hydrogen-bond donors (Lipinski definition) is 2. The SMILES string of the molecule is CC(C)c1ccc(C2C(C#N)=C(N)N(c3nnc(SCC(N)=O)s3)C3=C2C(=O)CCC3)cc1. The van der Waals surface area contributed by atoms with E-state index in [9.17, 15) is 14.9 Å². The number of allylic oxidation sites excluding steroid dienone is 3. The third kappa shape index (κ3) is 4.38. The average molecular weight is 481 g/mol. The maximum absolute atomic E-state index is 13.2. The number of ketones is 1. The van der Waals surface area contributed by atoms with E-state index < -0.39 is 11.8 Å². The minimum Gasteiger partial charge on any atom is -0.384 e. The molecule has 33 heavy (non-hydrogen) atoms. The lowest BCUT2D eigenvalue weighted by molar-refractivity contribution is -0.116. The topological polar surface area (TPSA) is 139 Å². The summed E-state index contributed by atoms with van der Waals surface area (Å²) in [6.45, 7) is 4.24. The number of amides is 1. The first-order valence-corrected chi connectivity index (χ1v) is 12.4. The van der Waals surface area contributed by atoms with Crippen LogP contribution in [0.25, 0.3) is 0 Å². The second-order valence-electron chi connectivity index (χ2n) is 8.24. The molecule has 0 fully saturated rings. The number of nitriles is 1. The number of benzene rings is 1. The maximum atomic E-state index is 13.2. The van der Waals surface area contributed by atoms with E-state index in [1.807, 2.05) is 24.3 Å². The van der Waals surface area contributed by atoms with E-state index in [2.05, 4.69) is 30.1 Å². The van der Waals surface area contributed by atoms with Crippen LogP contribution in [0.1, 0.15) is 56.1 Å². The van der Waals surface area contributed by atoms with E-state index in [-0.39, 0.29) is 17.4 Å². The van der Waals surface area contributed by atoms with Crippen LogP contribution in [-0.4, -0.2) is 27.6 Å². The van der Waals surface area contributed by atoms with Gasteiger partial charge in [0, 0.05) is 17.7 Å². The fraction of sp³-hybridized carbons (Fsp3) is 0.348. The monoisotopic (exact) mass is 480 g/mol. The minimum absolute atomic E-state index is 0.0206. The van der Waals surface area contributed by atoms with Crippen LogP contribution in [0.3, 0.4) is 0 Å². The first-order chi connectivity index (χ1) is 15.8. The van der Waals surface area contributed by atoms with Gasteiger partial charge in [-0.3, -0.25) is 14.5 Å². The van der Waals surface area contributed by atoms with E-state index in [4.69, 9.17) is 11.5 Å². The Kier molecular flexibility index (Phi) is 6.54. The first kappa shape index (κ1) is 23.0. The predicted octanol–water partition coefficient (Wildman–Crippen LogP) is 3.54. The highest BCUT2D eigenvalue weighted by Gasteiger charge is 2.41. The summed E-state index contributed by atoms with van der Waals surface area (Å²) in [5.74, 6) is -0.215. The van der Waals surface area contributed by atoms with E-state index in [1.165, 1.54) is 28.7 Å². The largest absolute Gasteiger partial charge is 0.384 e. The Bertz CT molecular complexity index is 1210. The number of carbonyl (C=O) groups excluding carboxylic acids is 2. The zero-order valence-corrected chi connectivity index (χ0v) is 20.0. The number of Topliss-reactive ketones (excluding diaryl/α,β-unsaturated/α-hetero) is 1. The highest BCUT2D eigenvalue weighted by atomic mass is 32.2. The van der Waals surface area contributed by atoms with Gasteiger partial charge in [-0.15, -0.1) is 10.2 Å². The zero-order valence-electron chi connectivity index (χ0n) is 18.4. The molecular formula is C23H24N6O2S2. The number of nitrogens with zero attached hydrogens (tertiary/aromatic N) is 4. The normalized spacial score (nSPS) is 18.5. The molecule has 4 N–H and O–H groups in total. The van der Waals surface area contributed by atoms with Gasteiger partial charge in [0.05, 0.1) is 23.3 Å². The van der Waals surface area contributed by atoms with Crippen molar-refractivity contribution in [3.8, 4) is 6.07 Å². The third-order valence-corrected chi connectivity index (χ3v) is 7.84. The molecule has 1 aliphatic heterocycles. The molecule has 1 aromatic heterocycles. The molecule has 10 heteroatoms. The predicted molar refractivity (Wildman–Crippen MR) is 128 cm³/mol. The summed E-state index contributed by atoms with van der Waals surface area (Å²) in [7, 11) is 0. The number of hydrogen-bond acceptors (Lipinski definition) is 9. The molecule has 1 amide bonds. The molecule has 4 rings (SSSR count). The van der Waals surface area contributed by atoms with Gasteiger partial charge < -0.3 is 11.5 Å². The van der Waals surface area contributed by atoms with Crippen molar-refractivity contribution in [3.63, 3.8) is 0 Å². The second kappa shape index (κ2) is 9.37. The molecular weight excluding hydrogens is 456 g/mol. The molecule has 1 aliphatic carbocycles. The molecule has 0 saturated heterocycles. The summed E-state index contributed by atoms with van der Waals surface area (Å²) in [5.41, 5.74) is 15.5. The molecule has 1 atom stereocenters. The van der Waals surface area contributed by atoms with Gasteiger partial charge in [-0.2, -0.15) is 5.26 Å². The summed E-state index contributed by atoms with van der Waals surface area (Å²) < 4.78 is 0.561. The van der Waals surface area contributed by atoms with Gasteiger partial charge >= 0.3 is 0 Å². The van der Waals surface area contributed by atoms with Gasteiger partial charge in [-0.25, -0.2) is 0 Å². The molecule has 8 nitrogen and oxygen atoms in total. The van der Waals surface area contributed by atoms with Crippen molar-refractivity contribution in [1.29, 1.82) is 5.26 Å². The van der Waals surface area contributed by atoms with Gasteiger partial charge in [0.1, 0.15) is 5.82 Å². The van der Waals surface area contributed by atoms with Crippen molar-refractivity contribution in [2.24, 2.45) is 11.5 Å². The fourth-order valence-electron chi connectivity index (χ4n) is 4.20. The summed E-state index contributed by atoms with van der Waals surface area (Å²) in [4.78, 5) is 26.0. The van der Waals surface area contributed by atoms with Gasteiger partial charge in [0.2, 0.25) is 11.0 Å². The lowest BCUT2D eigenvalue weighted by atomic mass is 9.75. The van der Waals surface area contributed by atoms with E-state index in [0.29, 0.717) is 45.8 Å². The van der Waals surface area contributed by atoms with Crippen molar-refractivity contribution < 1.29 is 9.59 Å². The smallest absolute Gasteiger partial charge is 0.227 e. The average Bonchev–Trinajstić information content (AvgIpc) is 3.25. The van der Waals surface area contributed by atoms with Crippen LogP contribution in [0.4, 0.5) is 5.13 Å². The van der Waals surface area contributed by atoms with Crippen LogP contribution in [-0.2, 0) is 9.59 Å². The minimum atomic E-state index is -0.508. The Morgan fingerprint density at radius 3 is 2.67 bits per heavy atom. The molecule has 1 aromatic carbocycles. The standard InChI is InChI=1S/C23H24N6O2S2/c1-12(2)13-6-8-14(9-7-13)19-15(10-24)21(26)29(16-4-3-5-17(30)20(16)19)22-27-28-23(33-22)32-11-18(25)31/h6-9,12,19H,3-5,11,26H2,1-2H3,(H2,25,31). The van der Waals surface area contributed by atoms with Crippen LogP contribution in [0.5, 0.6) is 0 Å². The number of rotatable bonds is 6. The van der Waals surface area contributed by atoms with Crippen molar-refractivity contribution in [2.75, 3.05) is 10.7 Å². The number of primary amides is 1. The van der Waals surface area contributed by atoms with Crippen molar-refractivity contribution in [2.45, 2.75) is 49.3 Å². The van der Waals surface area contributed by atoms with Gasteiger partial charge in [-0.1, -0.05) is 61.2 Å². The van der Waals surface area contributed by atoms with Crippen molar-refractivity contribution in [1.82, 2.24) is 10.2 Å².